The second-order valence-electron chi connectivity index (χ2n) is 7.65. The van der Waals surface area contributed by atoms with Gasteiger partial charge in [-0.05, 0) is 35.2 Å². The van der Waals surface area contributed by atoms with E-state index in [2.05, 4.69) is 61.6 Å². The molecule has 0 aliphatic carbocycles. The lowest BCUT2D eigenvalue weighted by atomic mass is 10.1. The van der Waals surface area contributed by atoms with Crippen LogP contribution in [0.2, 0.25) is 0 Å². The van der Waals surface area contributed by atoms with Crippen LogP contribution in [0.15, 0.2) is 72.2 Å². The summed E-state index contributed by atoms with van der Waals surface area (Å²) >= 11 is 0. The van der Waals surface area contributed by atoms with E-state index in [9.17, 15) is 4.79 Å². The summed E-state index contributed by atoms with van der Waals surface area (Å²) in [6.45, 7) is 3.00. The molecule has 0 radical (unpaired) electrons. The number of nitrogens with zero attached hydrogens (tertiary/aromatic N) is 4. The van der Waals surface area contributed by atoms with E-state index >= 15 is 0 Å². The lowest BCUT2D eigenvalue weighted by molar-refractivity contribution is -0.117. The molecule has 0 spiro atoms. The van der Waals surface area contributed by atoms with Gasteiger partial charge in [0.25, 0.3) is 0 Å². The Morgan fingerprint density at radius 1 is 1.00 bits per heavy atom. The molecule has 2 N–H and O–H groups in total. The smallest absolute Gasteiger partial charge is 0.227 e. The molecule has 0 unspecified atom stereocenters. The highest BCUT2D eigenvalue weighted by Gasteiger charge is 2.21. The quantitative estimate of drug-likeness (QED) is 0.271. The summed E-state index contributed by atoms with van der Waals surface area (Å²) in [6.07, 6.45) is 7.17. The van der Waals surface area contributed by atoms with Crippen molar-refractivity contribution in [2.45, 2.75) is 32.5 Å². The minimum atomic E-state index is 0. The molecule has 1 aromatic heterocycles. The van der Waals surface area contributed by atoms with Crippen LogP contribution in [0.5, 0.6) is 0 Å². The zero-order chi connectivity index (χ0) is 21.5. The maximum Gasteiger partial charge on any atom is 0.227 e. The fourth-order valence-electron chi connectivity index (χ4n) is 3.66. The number of anilines is 1. The Hall–Kier alpha value is -2.88. The van der Waals surface area contributed by atoms with Crippen molar-refractivity contribution in [3.63, 3.8) is 0 Å². The first-order valence-corrected chi connectivity index (χ1v) is 10.6. The second-order valence-corrected chi connectivity index (χ2v) is 7.65. The zero-order valence-electron chi connectivity index (χ0n) is 18.2. The fourth-order valence-corrected chi connectivity index (χ4v) is 3.66. The van der Waals surface area contributed by atoms with Gasteiger partial charge in [-0.3, -0.25) is 9.79 Å². The Labute approximate surface area is 206 Å². The molecule has 2 heterocycles. The molecule has 1 aliphatic rings. The van der Waals surface area contributed by atoms with Crippen LogP contribution < -0.4 is 15.5 Å². The number of halogens is 1. The highest BCUT2D eigenvalue weighted by Crippen LogP contribution is 2.21. The lowest BCUT2D eigenvalue weighted by Gasteiger charge is -2.16. The van der Waals surface area contributed by atoms with E-state index in [4.69, 9.17) is 0 Å². The van der Waals surface area contributed by atoms with Crippen LogP contribution in [0.4, 0.5) is 5.69 Å². The third-order valence-corrected chi connectivity index (χ3v) is 5.41. The van der Waals surface area contributed by atoms with Crippen LogP contribution in [0.1, 0.15) is 29.5 Å². The van der Waals surface area contributed by atoms with Crippen molar-refractivity contribution in [3.8, 4) is 0 Å². The molecule has 8 heteroatoms. The average molecular weight is 544 g/mol. The molecule has 1 aliphatic heterocycles. The van der Waals surface area contributed by atoms with Gasteiger partial charge in [0.1, 0.15) is 0 Å². The largest absolute Gasteiger partial charge is 0.352 e. The van der Waals surface area contributed by atoms with E-state index in [-0.39, 0.29) is 29.9 Å². The Kier molecular flexibility index (Phi) is 8.66. The van der Waals surface area contributed by atoms with E-state index in [0.717, 1.165) is 36.7 Å². The van der Waals surface area contributed by atoms with Crippen LogP contribution in [-0.4, -0.2) is 35.0 Å². The fraction of sp³-hybridized carbons (Fsp3) is 0.292. The number of rotatable bonds is 7. The number of carbonyl (C=O) groups is 1. The highest BCUT2D eigenvalue weighted by molar-refractivity contribution is 14.0. The molecule has 4 rings (SSSR count). The molecule has 1 fully saturated rings. The number of hydrogen-bond acceptors (Lipinski definition) is 3. The molecule has 3 aromatic rings. The molecule has 0 bridgehead atoms. The summed E-state index contributed by atoms with van der Waals surface area (Å²) in [5.41, 5.74) is 4.55. The van der Waals surface area contributed by atoms with Gasteiger partial charge in [-0.25, -0.2) is 4.98 Å². The van der Waals surface area contributed by atoms with Gasteiger partial charge in [0, 0.05) is 57.7 Å². The van der Waals surface area contributed by atoms with E-state index in [0.29, 0.717) is 19.5 Å². The van der Waals surface area contributed by atoms with E-state index < -0.39 is 0 Å². The number of carbonyl (C=O) groups excluding carboxylic acids is 1. The lowest BCUT2D eigenvalue weighted by Crippen LogP contribution is -2.36. The van der Waals surface area contributed by atoms with Crippen LogP contribution in [0.25, 0.3) is 0 Å². The van der Waals surface area contributed by atoms with Gasteiger partial charge < -0.3 is 20.1 Å². The first-order valence-electron chi connectivity index (χ1n) is 10.6. The number of aliphatic imine (C=N–C) groups is 1. The molecule has 32 heavy (non-hydrogen) atoms. The van der Waals surface area contributed by atoms with Crippen molar-refractivity contribution in [1.29, 1.82) is 0 Å². The molecule has 0 saturated carbocycles. The topological polar surface area (TPSA) is 74.6 Å². The van der Waals surface area contributed by atoms with Crippen LogP contribution in [0, 0.1) is 0 Å². The second kappa shape index (κ2) is 11.7. The molecule has 7 nitrogen and oxygen atoms in total. The molecular weight excluding hydrogens is 515 g/mol. The SMILES string of the molecule is CN=C(NCc1ccc(Cn2ccnc2)cc1)NCc1ccc(N2CCCC2=O)cc1.I. The molecular formula is C24H29IN6O. The van der Waals surface area contributed by atoms with E-state index in [1.54, 1.807) is 13.2 Å². The van der Waals surface area contributed by atoms with Crippen molar-refractivity contribution in [1.82, 2.24) is 20.2 Å². The van der Waals surface area contributed by atoms with E-state index in [1.165, 1.54) is 11.1 Å². The van der Waals surface area contributed by atoms with Gasteiger partial charge in [0.05, 0.1) is 6.33 Å². The number of hydrogen-bond donors (Lipinski definition) is 2. The van der Waals surface area contributed by atoms with Crippen LogP contribution >= 0.6 is 24.0 Å². The van der Waals surface area contributed by atoms with E-state index in [1.807, 2.05) is 29.6 Å². The highest BCUT2D eigenvalue weighted by atomic mass is 127. The normalized spacial score (nSPS) is 13.7. The van der Waals surface area contributed by atoms with Gasteiger partial charge in [-0.2, -0.15) is 0 Å². The number of guanidine groups is 1. The standard InChI is InChI=1S/C24H28N6O.HI/c1-25-24(27-15-19-4-6-21(7-5-19)17-29-14-12-26-18-29)28-16-20-8-10-22(11-9-20)30-13-2-3-23(30)31;/h4-12,14,18H,2-3,13,15-17H2,1H3,(H2,25,27,28);1H. The minimum Gasteiger partial charge on any atom is -0.352 e. The van der Waals surface area contributed by atoms with Gasteiger partial charge in [0.2, 0.25) is 5.91 Å². The maximum absolute atomic E-state index is 11.9. The Morgan fingerprint density at radius 2 is 1.62 bits per heavy atom. The monoisotopic (exact) mass is 544 g/mol. The van der Waals surface area contributed by atoms with Crippen LogP contribution in [0.3, 0.4) is 0 Å². The Morgan fingerprint density at radius 3 is 2.16 bits per heavy atom. The third kappa shape index (κ3) is 6.32. The zero-order valence-corrected chi connectivity index (χ0v) is 20.5. The Balaban J connectivity index is 0.00000289. The molecule has 168 valence electrons. The summed E-state index contributed by atoms with van der Waals surface area (Å²) < 4.78 is 2.05. The van der Waals surface area contributed by atoms with Crippen molar-refractivity contribution >= 4 is 41.5 Å². The number of imidazole rings is 1. The summed E-state index contributed by atoms with van der Waals surface area (Å²) in [5.74, 6) is 0.964. The van der Waals surface area contributed by atoms with Crippen LogP contribution in [-0.2, 0) is 24.4 Å². The first-order chi connectivity index (χ1) is 15.2. The van der Waals surface area contributed by atoms with Gasteiger partial charge >= 0.3 is 0 Å². The number of aromatic nitrogens is 2. The maximum atomic E-state index is 11.9. The van der Waals surface area contributed by atoms with Crippen molar-refractivity contribution in [3.05, 3.63) is 83.9 Å². The van der Waals surface area contributed by atoms with Crippen molar-refractivity contribution in [2.75, 3.05) is 18.5 Å². The van der Waals surface area contributed by atoms with Crippen molar-refractivity contribution in [2.24, 2.45) is 4.99 Å². The summed E-state index contributed by atoms with van der Waals surface area (Å²) in [4.78, 5) is 22.1. The minimum absolute atomic E-state index is 0. The number of benzene rings is 2. The predicted octanol–water partition coefficient (Wildman–Crippen LogP) is 3.54. The van der Waals surface area contributed by atoms with Gasteiger partial charge in [0.15, 0.2) is 5.96 Å². The number of amides is 1. The summed E-state index contributed by atoms with van der Waals surface area (Å²) in [7, 11) is 1.77. The van der Waals surface area contributed by atoms with Crippen molar-refractivity contribution < 1.29 is 4.79 Å². The number of nitrogens with one attached hydrogen (secondary N) is 2. The molecule has 0 atom stereocenters. The molecule has 1 amide bonds. The van der Waals surface area contributed by atoms with Gasteiger partial charge in [-0.15, -0.1) is 24.0 Å². The van der Waals surface area contributed by atoms with Gasteiger partial charge in [-0.1, -0.05) is 36.4 Å². The molecule has 2 aromatic carbocycles. The summed E-state index contributed by atoms with van der Waals surface area (Å²) in [6, 6.07) is 16.7. The predicted molar refractivity (Wildman–Crippen MR) is 138 cm³/mol. The molecule has 1 saturated heterocycles. The first kappa shape index (κ1) is 23.8. The third-order valence-electron chi connectivity index (χ3n) is 5.41. The Bertz CT molecular complexity index is 1020. The summed E-state index contributed by atoms with van der Waals surface area (Å²) in [5, 5.41) is 6.70. The average Bonchev–Trinajstić information content (AvgIpc) is 3.47.